The molecule has 0 saturated heterocycles. The summed E-state index contributed by atoms with van der Waals surface area (Å²) in [7, 11) is 1.57. The molecule has 2 aromatic rings. The number of aryl methyl sites for hydroxylation is 2. The molecule has 0 unspecified atom stereocenters. The van der Waals surface area contributed by atoms with Crippen LogP contribution in [0.1, 0.15) is 21.5 Å². The number of rotatable bonds is 5. The molecule has 1 N–H and O–H groups in total. The molecule has 0 saturated carbocycles. The highest BCUT2D eigenvalue weighted by molar-refractivity contribution is 6.32. The number of hydrogen-bond acceptors (Lipinski definition) is 3. The molecule has 3 nitrogen and oxygen atoms in total. The lowest BCUT2D eigenvalue weighted by atomic mass is 10.0. The van der Waals surface area contributed by atoms with Crippen molar-refractivity contribution in [1.29, 1.82) is 0 Å². The minimum atomic E-state index is -0.0461. The number of hydrogen-bond donors (Lipinski definition) is 1. The van der Waals surface area contributed by atoms with Crippen molar-refractivity contribution >= 4 is 23.1 Å². The van der Waals surface area contributed by atoms with Crippen molar-refractivity contribution in [3.63, 3.8) is 0 Å². The van der Waals surface area contributed by atoms with Gasteiger partial charge in [0.1, 0.15) is 5.75 Å². The first-order valence-electron chi connectivity index (χ1n) is 6.89. The van der Waals surface area contributed by atoms with Crippen LogP contribution in [0.4, 0.5) is 5.69 Å². The van der Waals surface area contributed by atoms with E-state index in [1.807, 2.05) is 38.1 Å². The molecule has 0 bridgehead atoms. The molecule has 0 aliphatic heterocycles. The molecule has 0 aromatic heterocycles. The summed E-state index contributed by atoms with van der Waals surface area (Å²) in [6.07, 6.45) is 3.11. The molecule has 0 aliphatic rings. The minimum Gasteiger partial charge on any atom is -0.495 e. The lowest BCUT2D eigenvalue weighted by molar-refractivity contribution is 0.104. The Balaban J connectivity index is 2.04. The van der Waals surface area contributed by atoms with Gasteiger partial charge in [-0.1, -0.05) is 23.7 Å². The van der Waals surface area contributed by atoms with Crippen molar-refractivity contribution in [2.75, 3.05) is 12.4 Å². The highest BCUT2D eigenvalue weighted by Gasteiger charge is 2.03. The molecule has 0 amide bonds. The maximum absolute atomic E-state index is 12.1. The van der Waals surface area contributed by atoms with E-state index in [0.717, 1.165) is 11.3 Å². The number of ketones is 1. The van der Waals surface area contributed by atoms with Crippen LogP contribution in [0.2, 0.25) is 5.02 Å². The van der Waals surface area contributed by atoms with E-state index in [0.29, 0.717) is 16.3 Å². The van der Waals surface area contributed by atoms with Gasteiger partial charge in [0.15, 0.2) is 5.78 Å². The zero-order valence-electron chi connectivity index (χ0n) is 12.8. The van der Waals surface area contributed by atoms with Crippen LogP contribution in [0.3, 0.4) is 0 Å². The molecule has 2 aromatic carbocycles. The predicted octanol–water partition coefficient (Wildman–Crippen LogP) is 4.77. The second kappa shape index (κ2) is 7.14. The number of methoxy groups -OCH3 is 1. The first-order valence-corrected chi connectivity index (χ1v) is 7.27. The lowest BCUT2D eigenvalue weighted by Gasteiger charge is -2.06. The Kier molecular flexibility index (Phi) is 5.23. The Labute approximate surface area is 135 Å². The van der Waals surface area contributed by atoms with E-state index in [1.54, 1.807) is 25.4 Å². The third kappa shape index (κ3) is 3.89. The van der Waals surface area contributed by atoms with Crippen molar-refractivity contribution < 1.29 is 9.53 Å². The molecule has 2 rings (SSSR count). The fourth-order valence-corrected chi connectivity index (χ4v) is 2.22. The van der Waals surface area contributed by atoms with Gasteiger partial charge in [0, 0.05) is 23.5 Å². The molecule has 0 radical (unpaired) electrons. The summed E-state index contributed by atoms with van der Waals surface area (Å²) in [5.74, 6) is 0.567. The zero-order chi connectivity index (χ0) is 16.1. The van der Waals surface area contributed by atoms with Crippen LogP contribution in [-0.4, -0.2) is 12.9 Å². The van der Waals surface area contributed by atoms with Crippen LogP contribution in [-0.2, 0) is 0 Å². The van der Waals surface area contributed by atoms with E-state index in [4.69, 9.17) is 16.3 Å². The minimum absolute atomic E-state index is 0.0461. The number of ether oxygens (including phenoxy) is 1. The number of nitrogens with one attached hydrogen (secondary N) is 1. The molecular formula is C18H18ClNO2. The molecule has 0 fully saturated rings. The van der Waals surface area contributed by atoms with Crippen molar-refractivity contribution in [2.24, 2.45) is 0 Å². The van der Waals surface area contributed by atoms with Gasteiger partial charge in [-0.25, -0.2) is 0 Å². The summed E-state index contributed by atoms with van der Waals surface area (Å²) >= 11 is 6.04. The predicted molar refractivity (Wildman–Crippen MR) is 91.0 cm³/mol. The summed E-state index contributed by atoms with van der Waals surface area (Å²) in [6.45, 7) is 4.02. The third-order valence-electron chi connectivity index (χ3n) is 3.43. The number of carbonyl (C=O) groups is 1. The lowest BCUT2D eigenvalue weighted by Crippen LogP contribution is -1.97. The van der Waals surface area contributed by atoms with E-state index < -0.39 is 0 Å². The van der Waals surface area contributed by atoms with Crippen molar-refractivity contribution in [3.05, 3.63) is 70.4 Å². The van der Waals surface area contributed by atoms with E-state index >= 15 is 0 Å². The van der Waals surface area contributed by atoms with E-state index in [1.165, 1.54) is 11.6 Å². The number of benzene rings is 2. The second-order valence-electron chi connectivity index (χ2n) is 4.99. The molecule has 4 heteroatoms. The first kappa shape index (κ1) is 16.1. The number of carbonyl (C=O) groups excluding carboxylic acids is 1. The Morgan fingerprint density at radius 2 is 1.91 bits per heavy atom. The van der Waals surface area contributed by atoms with Crippen LogP contribution < -0.4 is 10.1 Å². The number of allylic oxidation sites excluding steroid dienone is 1. The quantitative estimate of drug-likeness (QED) is 0.637. The SMILES string of the molecule is COc1ccc(N/C=C/C(=O)c2ccc(C)c(C)c2)cc1Cl. The summed E-state index contributed by atoms with van der Waals surface area (Å²) in [5, 5.41) is 3.54. The number of anilines is 1. The average Bonchev–Trinajstić information content (AvgIpc) is 2.50. The fourth-order valence-electron chi connectivity index (χ4n) is 1.96. The fraction of sp³-hybridized carbons (Fsp3) is 0.167. The number of halogens is 1. The van der Waals surface area contributed by atoms with Gasteiger partial charge in [0.2, 0.25) is 0 Å². The van der Waals surface area contributed by atoms with Gasteiger partial charge in [-0.2, -0.15) is 0 Å². The van der Waals surface area contributed by atoms with Crippen LogP contribution in [0.5, 0.6) is 5.75 Å². The van der Waals surface area contributed by atoms with Gasteiger partial charge in [-0.05, 0) is 49.2 Å². The Morgan fingerprint density at radius 1 is 1.14 bits per heavy atom. The molecule has 114 valence electrons. The van der Waals surface area contributed by atoms with Gasteiger partial charge in [-0.15, -0.1) is 0 Å². The molecular weight excluding hydrogens is 298 g/mol. The first-order chi connectivity index (χ1) is 10.5. The normalized spacial score (nSPS) is 10.7. The molecule has 0 atom stereocenters. The van der Waals surface area contributed by atoms with Crippen LogP contribution in [0.15, 0.2) is 48.7 Å². The van der Waals surface area contributed by atoms with Crippen LogP contribution in [0.25, 0.3) is 0 Å². The van der Waals surface area contributed by atoms with Crippen LogP contribution in [0, 0.1) is 13.8 Å². The van der Waals surface area contributed by atoms with Gasteiger partial charge >= 0.3 is 0 Å². The molecule has 0 spiro atoms. The highest BCUT2D eigenvalue weighted by Crippen LogP contribution is 2.27. The smallest absolute Gasteiger partial charge is 0.187 e. The summed E-state index contributed by atoms with van der Waals surface area (Å²) in [5.41, 5.74) is 3.74. The standard InChI is InChI=1S/C18H18ClNO2/c1-12-4-5-14(10-13(12)2)17(21)8-9-20-15-6-7-18(22-3)16(19)11-15/h4-11,20H,1-3H3/b9-8+. The maximum Gasteiger partial charge on any atom is 0.187 e. The Hall–Kier alpha value is -2.26. The van der Waals surface area contributed by atoms with E-state index in [-0.39, 0.29) is 5.78 Å². The van der Waals surface area contributed by atoms with Crippen molar-refractivity contribution in [1.82, 2.24) is 0 Å². The van der Waals surface area contributed by atoms with E-state index in [9.17, 15) is 4.79 Å². The third-order valence-corrected chi connectivity index (χ3v) is 3.72. The monoisotopic (exact) mass is 315 g/mol. The molecule has 22 heavy (non-hydrogen) atoms. The zero-order valence-corrected chi connectivity index (χ0v) is 13.6. The van der Waals surface area contributed by atoms with Gasteiger partial charge in [-0.3, -0.25) is 4.79 Å². The second-order valence-corrected chi connectivity index (χ2v) is 5.40. The molecule has 0 heterocycles. The van der Waals surface area contributed by atoms with Crippen LogP contribution >= 0.6 is 11.6 Å². The van der Waals surface area contributed by atoms with Crippen molar-refractivity contribution in [3.8, 4) is 5.75 Å². The summed E-state index contributed by atoms with van der Waals surface area (Å²) in [4.78, 5) is 12.1. The van der Waals surface area contributed by atoms with E-state index in [2.05, 4.69) is 5.32 Å². The highest BCUT2D eigenvalue weighted by atomic mass is 35.5. The summed E-state index contributed by atoms with van der Waals surface area (Å²) < 4.78 is 5.09. The van der Waals surface area contributed by atoms with Crippen molar-refractivity contribution in [2.45, 2.75) is 13.8 Å². The average molecular weight is 316 g/mol. The Morgan fingerprint density at radius 3 is 2.55 bits per heavy atom. The van der Waals surface area contributed by atoms with Gasteiger partial charge < -0.3 is 10.1 Å². The summed E-state index contributed by atoms with van der Waals surface area (Å²) in [6, 6.07) is 11.0. The topological polar surface area (TPSA) is 38.3 Å². The maximum atomic E-state index is 12.1. The Bertz CT molecular complexity index is 723. The van der Waals surface area contributed by atoms with Gasteiger partial charge in [0.05, 0.1) is 12.1 Å². The van der Waals surface area contributed by atoms with Gasteiger partial charge in [0.25, 0.3) is 0 Å². The molecule has 0 aliphatic carbocycles. The largest absolute Gasteiger partial charge is 0.495 e.